The number of aryl methyl sites for hydroxylation is 1. The molecule has 88 valence electrons. The fourth-order valence-corrected chi connectivity index (χ4v) is 1.52. The third-order valence-corrected chi connectivity index (χ3v) is 2.46. The molecule has 2 heterocycles. The first kappa shape index (κ1) is 11.5. The normalized spacial score (nSPS) is 12.2. The number of hydrogen-bond acceptors (Lipinski definition) is 4. The van der Waals surface area contributed by atoms with Crippen LogP contribution < -0.4 is 10.5 Å². The van der Waals surface area contributed by atoms with Gasteiger partial charge in [0.15, 0.2) is 5.75 Å². The molecule has 0 aromatic carbocycles. The number of nitrogens with two attached hydrogens (primary N) is 1. The fraction of sp³-hybridized carbons (Fsp3) is 0.231. The van der Waals surface area contributed by atoms with Crippen molar-refractivity contribution in [3.05, 3.63) is 47.9 Å². The summed E-state index contributed by atoms with van der Waals surface area (Å²) >= 11 is 0. The van der Waals surface area contributed by atoms with Crippen LogP contribution in [0, 0.1) is 6.92 Å². The van der Waals surface area contributed by atoms with Crippen LogP contribution >= 0.6 is 0 Å². The SMILES string of the molecule is Cc1ncccc1Oc1ncccc1C(C)N. The molecule has 0 saturated carbocycles. The predicted octanol–water partition coefficient (Wildman–Crippen LogP) is 2.60. The molecule has 4 nitrogen and oxygen atoms in total. The van der Waals surface area contributed by atoms with E-state index in [-0.39, 0.29) is 6.04 Å². The molecule has 2 aromatic heterocycles. The van der Waals surface area contributed by atoms with Gasteiger partial charge in [-0.05, 0) is 32.0 Å². The fourth-order valence-electron chi connectivity index (χ4n) is 1.52. The Balaban J connectivity index is 2.34. The Morgan fingerprint density at radius 1 is 1.18 bits per heavy atom. The first-order chi connectivity index (χ1) is 8.18. The van der Waals surface area contributed by atoms with Crippen molar-refractivity contribution in [1.82, 2.24) is 9.97 Å². The second kappa shape index (κ2) is 4.93. The summed E-state index contributed by atoms with van der Waals surface area (Å²) < 4.78 is 5.75. The first-order valence-corrected chi connectivity index (χ1v) is 5.48. The van der Waals surface area contributed by atoms with Gasteiger partial charge in [0.25, 0.3) is 0 Å². The molecule has 0 aliphatic rings. The van der Waals surface area contributed by atoms with Crippen molar-refractivity contribution in [3.8, 4) is 11.6 Å². The van der Waals surface area contributed by atoms with Gasteiger partial charge in [-0.1, -0.05) is 6.07 Å². The summed E-state index contributed by atoms with van der Waals surface area (Å²) in [5.74, 6) is 1.24. The highest BCUT2D eigenvalue weighted by Gasteiger charge is 2.10. The average molecular weight is 229 g/mol. The Morgan fingerprint density at radius 3 is 2.59 bits per heavy atom. The Morgan fingerprint density at radius 2 is 1.88 bits per heavy atom. The molecule has 0 bridgehead atoms. The van der Waals surface area contributed by atoms with Gasteiger partial charge < -0.3 is 10.5 Å². The Hall–Kier alpha value is -1.94. The lowest BCUT2D eigenvalue weighted by molar-refractivity contribution is 0.446. The molecule has 1 atom stereocenters. The molecule has 2 aromatic rings. The van der Waals surface area contributed by atoms with Crippen LogP contribution in [0.2, 0.25) is 0 Å². The molecule has 0 amide bonds. The quantitative estimate of drug-likeness (QED) is 0.878. The van der Waals surface area contributed by atoms with E-state index in [0.29, 0.717) is 11.6 Å². The van der Waals surface area contributed by atoms with E-state index in [1.165, 1.54) is 0 Å². The van der Waals surface area contributed by atoms with Crippen LogP contribution in [0.4, 0.5) is 0 Å². The van der Waals surface area contributed by atoms with Crippen LogP contribution in [-0.2, 0) is 0 Å². The zero-order valence-corrected chi connectivity index (χ0v) is 9.92. The van der Waals surface area contributed by atoms with Crippen molar-refractivity contribution in [2.24, 2.45) is 5.73 Å². The maximum atomic E-state index is 5.87. The molecular formula is C13H15N3O. The third kappa shape index (κ3) is 2.60. The third-order valence-electron chi connectivity index (χ3n) is 2.46. The number of aromatic nitrogens is 2. The second-order valence-corrected chi connectivity index (χ2v) is 3.88. The number of rotatable bonds is 3. The van der Waals surface area contributed by atoms with E-state index in [9.17, 15) is 0 Å². The van der Waals surface area contributed by atoms with Gasteiger partial charge in [0, 0.05) is 24.0 Å². The summed E-state index contributed by atoms with van der Waals surface area (Å²) in [6, 6.07) is 7.34. The Bertz CT molecular complexity index is 512. The second-order valence-electron chi connectivity index (χ2n) is 3.88. The molecule has 0 radical (unpaired) electrons. The van der Waals surface area contributed by atoms with Crippen LogP contribution in [0.5, 0.6) is 11.6 Å². The van der Waals surface area contributed by atoms with Crippen LogP contribution in [0.25, 0.3) is 0 Å². The molecule has 4 heteroatoms. The monoisotopic (exact) mass is 229 g/mol. The zero-order valence-electron chi connectivity index (χ0n) is 9.92. The number of pyridine rings is 2. The van der Waals surface area contributed by atoms with Crippen LogP contribution in [0.3, 0.4) is 0 Å². The number of ether oxygens (including phenoxy) is 1. The van der Waals surface area contributed by atoms with E-state index in [1.54, 1.807) is 12.4 Å². The van der Waals surface area contributed by atoms with Crippen molar-refractivity contribution in [3.63, 3.8) is 0 Å². The Labute approximate surface area is 100 Å². The molecule has 0 spiro atoms. The topological polar surface area (TPSA) is 61.0 Å². The highest BCUT2D eigenvalue weighted by atomic mass is 16.5. The number of hydrogen-bond donors (Lipinski definition) is 1. The largest absolute Gasteiger partial charge is 0.437 e. The molecule has 0 aliphatic heterocycles. The highest BCUT2D eigenvalue weighted by Crippen LogP contribution is 2.27. The highest BCUT2D eigenvalue weighted by molar-refractivity contribution is 5.35. The minimum Gasteiger partial charge on any atom is -0.437 e. The lowest BCUT2D eigenvalue weighted by atomic mass is 10.1. The van der Waals surface area contributed by atoms with Crippen LogP contribution in [0.15, 0.2) is 36.7 Å². The van der Waals surface area contributed by atoms with E-state index < -0.39 is 0 Å². The molecule has 0 saturated heterocycles. The molecule has 0 fully saturated rings. The summed E-state index contributed by atoms with van der Waals surface area (Å²) in [4.78, 5) is 8.37. The van der Waals surface area contributed by atoms with Crippen molar-refractivity contribution >= 4 is 0 Å². The summed E-state index contributed by atoms with van der Waals surface area (Å²) in [5.41, 5.74) is 7.58. The summed E-state index contributed by atoms with van der Waals surface area (Å²) in [6.45, 7) is 3.80. The average Bonchev–Trinajstić information content (AvgIpc) is 2.32. The molecular weight excluding hydrogens is 214 g/mol. The van der Waals surface area contributed by atoms with Gasteiger partial charge in [-0.25, -0.2) is 4.98 Å². The Kier molecular flexibility index (Phi) is 3.35. The predicted molar refractivity (Wildman–Crippen MR) is 65.9 cm³/mol. The van der Waals surface area contributed by atoms with Gasteiger partial charge in [0.2, 0.25) is 5.88 Å². The molecule has 0 aliphatic carbocycles. The van der Waals surface area contributed by atoms with Crippen LogP contribution in [-0.4, -0.2) is 9.97 Å². The number of nitrogens with zero attached hydrogens (tertiary/aromatic N) is 2. The van der Waals surface area contributed by atoms with Gasteiger partial charge >= 0.3 is 0 Å². The van der Waals surface area contributed by atoms with Crippen molar-refractivity contribution in [2.75, 3.05) is 0 Å². The smallest absolute Gasteiger partial charge is 0.224 e. The van der Waals surface area contributed by atoms with E-state index in [2.05, 4.69) is 9.97 Å². The van der Waals surface area contributed by atoms with Crippen molar-refractivity contribution < 1.29 is 4.74 Å². The van der Waals surface area contributed by atoms with Gasteiger partial charge in [-0.15, -0.1) is 0 Å². The molecule has 2 rings (SSSR count). The molecule has 17 heavy (non-hydrogen) atoms. The van der Waals surface area contributed by atoms with Crippen molar-refractivity contribution in [2.45, 2.75) is 19.9 Å². The summed E-state index contributed by atoms with van der Waals surface area (Å²) in [6.07, 6.45) is 3.42. The van der Waals surface area contributed by atoms with Crippen molar-refractivity contribution in [1.29, 1.82) is 0 Å². The minimum absolute atomic E-state index is 0.115. The lowest BCUT2D eigenvalue weighted by Gasteiger charge is -2.12. The molecule has 2 N–H and O–H groups in total. The summed E-state index contributed by atoms with van der Waals surface area (Å²) in [5, 5.41) is 0. The van der Waals surface area contributed by atoms with Gasteiger partial charge in [0.1, 0.15) is 0 Å². The van der Waals surface area contributed by atoms with E-state index >= 15 is 0 Å². The van der Waals surface area contributed by atoms with Gasteiger partial charge in [0.05, 0.1) is 5.69 Å². The maximum absolute atomic E-state index is 5.87. The summed E-state index contributed by atoms with van der Waals surface area (Å²) in [7, 11) is 0. The van der Waals surface area contributed by atoms with Crippen LogP contribution in [0.1, 0.15) is 24.2 Å². The maximum Gasteiger partial charge on any atom is 0.224 e. The van der Waals surface area contributed by atoms with Gasteiger partial charge in [-0.2, -0.15) is 0 Å². The standard InChI is InChI=1S/C13H15N3O/c1-9(14)11-5-3-8-16-13(11)17-12-6-4-7-15-10(12)2/h3-9H,14H2,1-2H3. The minimum atomic E-state index is -0.115. The lowest BCUT2D eigenvalue weighted by Crippen LogP contribution is -2.07. The first-order valence-electron chi connectivity index (χ1n) is 5.48. The van der Waals surface area contributed by atoms with E-state index in [0.717, 1.165) is 11.3 Å². The molecule has 1 unspecified atom stereocenters. The van der Waals surface area contributed by atoms with E-state index in [4.69, 9.17) is 10.5 Å². The van der Waals surface area contributed by atoms with Gasteiger partial charge in [-0.3, -0.25) is 4.98 Å². The van der Waals surface area contributed by atoms with E-state index in [1.807, 2.05) is 38.1 Å². The zero-order chi connectivity index (χ0) is 12.3.